The van der Waals surface area contributed by atoms with Crippen molar-refractivity contribution in [1.82, 2.24) is 14.3 Å². The molecule has 0 saturated heterocycles. The van der Waals surface area contributed by atoms with E-state index in [0.717, 1.165) is 5.56 Å². The molecule has 122 valence electrons. The molecule has 0 amide bonds. The number of hydrogen-bond donors (Lipinski definition) is 1. The molecule has 1 aliphatic rings. The molecular formula is C16H19N3O3S. The number of aromatic amines is 1. The molecule has 1 atom stereocenters. The lowest BCUT2D eigenvalue weighted by Crippen LogP contribution is -2.40. The van der Waals surface area contributed by atoms with Crippen molar-refractivity contribution in [3.8, 4) is 0 Å². The Kier molecular flexibility index (Phi) is 4.32. The van der Waals surface area contributed by atoms with E-state index in [2.05, 4.69) is 9.97 Å². The minimum absolute atomic E-state index is 0.0511. The molecule has 2 heterocycles. The first kappa shape index (κ1) is 15.9. The van der Waals surface area contributed by atoms with Gasteiger partial charge in [0.15, 0.2) is 0 Å². The monoisotopic (exact) mass is 333 g/mol. The smallest absolute Gasteiger partial charge is 0.254 e. The highest BCUT2D eigenvalue weighted by atomic mass is 32.2. The molecular weight excluding hydrogens is 314 g/mol. The zero-order chi connectivity index (χ0) is 16.4. The average Bonchev–Trinajstić information content (AvgIpc) is 2.55. The normalized spacial score (nSPS) is 16.7. The summed E-state index contributed by atoms with van der Waals surface area (Å²) in [6.45, 7) is 2.41. The summed E-state index contributed by atoms with van der Waals surface area (Å²) in [6.07, 6.45) is 1.72. The summed E-state index contributed by atoms with van der Waals surface area (Å²) in [5.74, 6) is -0.0371. The fraction of sp³-hybridized carbons (Fsp3) is 0.375. The Morgan fingerprint density at radius 1 is 1.30 bits per heavy atom. The first-order chi connectivity index (χ1) is 11.0. The quantitative estimate of drug-likeness (QED) is 0.913. The number of sulfonamides is 1. The largest absolute Gasteiger partial charge is 0.313 e. The molecule has 0 saturated carbocycles. The molecule has 0 spiro atoms. The van der Waals surface area contributed by atoms with Crippen LogP contribution in [0.2, 0.25) is 0 Å². The van der Waals surface area contributed by atoms with Gasteiger partial charge in [0.1, 0.15) is 0 Å². The number of rotatable bonds is 4. The third-order valence-electron chi connectivity index (χ3n) is 4.20. The predicted octanol–water partition coefficient (Wildman–Crippen LogP) is 1.26. The van der Waals surface area contributed by atoms with Crippen LogP contribution in [-0.4, -0.2) is 35.0 Å². The van der Waals surface area contributed by atoms with Crippen molar-refractivity contribution in [2.75, 3.05) is 12.3 Å². The Bertz CT molecular complexity index is 846. The minimum Gasteiger partial charge on any atom is -0.313 e. The van der Waals surface area contributed by atoms with Gasteiger partial charge in [0, 0.05) is 12.1 Å². The lowest BCUT2D eigenvalue weighted by Gasteiger charge is -2.27. The molecule has 7 heteroatoms. The Balaban J connectivity index is 1.78. The second-order valence-corrected chi connectivity index (χ2v) is 7.84. The van der Waals surface area contributed by atoms with Crippen molar-refractivity contribution in [2.45, 2.75) is 25.8 Å². The van der Waals surface area contributed by atoms with Crippen LogP contribution in [0.25, 0.3) is 0 Å². The molecule has 1 aliphatic heterocycles. The fourth-order valence-corrected chi connectivity index (χ4v) is 4.60. The van der Waals surface area contributed by atoms with Crippen molar-refractivity contribution >= 4 is 10.0 Å². The van der Waals surface area contributed by atoms with E-state index in [1.165, 1.54) is 10.6 Å². The third kappa shape index (κ3) is 3.35. The highest BCUT2D eigenvalue weighted by Crippen LogP contribution is 2.22. The maximum absolute atomic E-state index is 12.7. The summed E-state index contributed by atoms with van der Waals surface area (Å²) >= 11 is 0. The van der Waals surface area contributed by atoms with E-state index in [1.54, 1.807) is 0 Å². The number of nitrogens with zero attached hydrogens (tertiary/aromatic N) is 2. The van der Waals surface area contributed by atoms with Gasteiger partial charge in [0.25, 0.3) is 5.56 Å². The first-order valence-electron chi connectivity index (χ1n) is 7.55. The summed E-state index contributed by atoms with van der Waals surface area (Å²) in [5, 5.41) is 0. The molecule has 1 N–H and O–H groups in total. The van der Waals surface area contributed by atoms with Crippen molar-refractivity contribution in [3.63, 3.8) is 0 Å². The van der Waals surface area contributed by atoms with E-state index in [0.29, 0.717) is 24.2 Å². The van der Waals surface area contributed by atoms with E-state index in [9.17, 15) is 13.2 Å². The van der Waals surface area contributed by atoms with Crippen LogP contribution >= 0.6 is 0 Å². The number of aromatic nitrogens is 2. The van der Waals surface area contributed by atoms with Crippen molar-refractivity contribution in [1.29, 1.82) is 0 Å². The van der Waals surface area contributed by atoms with Crippen molar-refractivity contribution in [3.05, 3.63) is 63.8 Å². The molecule has 0 bridgehead atoms. The van der Waals surface area contributed by atoms with E-state index >= 15 is 0 Å². The molecule has 3 rings (SSSR count). The molecule has 1 aromatic heterocycles. The number of H-pyrrole nitrogens is 1. The van der Waals surface area contributed by atoms with E-state index in [-0.39, 0.29) is 23.8 Å². The molecule has 1 aromatic carbocycles. The number of nitrogens with one attached hydrogen (secondary N) is 1. The zero-order valence-electron chi connectivity index (χ0n) is 12.9. The molecule has 0 radical (unpaired) electrons. The first-order valence-corrected chi connectivity index (χ1v) is 9.16. The summed E-state index contributed by atoms with van der Waals surface area (Å²) in [6, 6.07) is 9.60. The summed E-state index contributed by atoms with van der Waals surface area (Å²) in [5.41, 5.74) is 1.97. The lowest BCUT2D eigenvalue weighted by molar-refractivity contribution is 0.382. The Morgan fingerprint density at radius 2 is 2.04 bits per heavy atom. The van der Waals surface area contributed by atoms with Crippen LogP contribution in [0.3, 0.4) is 0 Å². The van der Waals surface area contributed by atoms with Crippen molar-refractivity contribution in [2.24, 2.45) is 0 Å². The number of fused-ring (bicyclic) bond motifs is 1. The molecule has 1 unspecified atom stereocenters. The van der Waals surface area contributed by atoms with Gasteiger partial charge in [0.05, 0.1) is 24.3 Å². The third-order valence-corrected chi connectivity index (χ3v) is 6.22. The summed E-state index contributed by atoms with van der Waals surface area (Å²) in [7, 11) is -3.41. The van der Waals surface area contributed by atoms with E-state index in [4.69, 9.17) is 0 Å². The van der Waals surface area contributed by atoms with Gasteiger partial charge < -0.3 is 4.98 Å². The summed E-state index contributed by atoms with van der Waals surface area (Å²) in [4.78, 5) is 18.4. The average molecular weight is 333 g/mol. The van der Waals surface area contributed by atoms with Gasteiger partial charge in [-0.15, -0.1) is 0 Å². The van der Waals surface area contributed by atoms with Crippen LogP contribution in [0.1, 0.15) is 29.7 Å². The van der Waals surface area contributed by atoms with Gasteiger partial charge in [-0.1, -0.05) is 37.3 Å². The topological polar surface area (TPSA) is 83.1 Å². The SMILES string of the molecule is CC(CS(=O)(=O)N1CCc2c(nc[nH]c2=O)C1)c1ccccc1. The molecule has 23 heavy (non-hydrogen) atoms. The van der Waals surface area contributed by atoms with Crippen LogP contribution in [-0.2, 0) is 23.0 Å². The highest BCUT2D eigenvalue weighted by molar-refractivity contribution is 7.89. The second-order valence-electron chi connectivity index (χ2n) is 5.83. The van der Waals surface area contributed by atoms with Gasteiger partial charge in [-0.05, 0) is 17.9 Å². The molecule has 0 fully saturated rings. The Labute approximate surface area is 135 Å². The molecule has 6 nitrogen and oxygen atoms in total. The van der Waals surface area contributed by atoms with Crippen LogP contribution in [0.5, 0.6) is 0 Å². The maximum Gasteiger partial charge on any atom is 0.254 e. The van der Waals surface area contributed by atoms with Gasteiger partial charge in [-0.2, -0.15) is 4.31 Å². The van der Waals surface area contributed by atoms with Crippen LogP contribution in [0, 0.1) is 0 Å². The van der Waals surface area contributed by atoms with E-state index in [1.807, 2.05) is 37.3 Å². The molecule has 0 aliphatic carbocycles. The summed E-state index contributed by atoms with van der Waals surface area (Å²) < 4.78 is 26.8. The van der Waals surface area contributed by atoms with Gasteiger partial charge in [0.2, 0.25) is 10.0 Å². The second kappa shape index (κ2) is 6.25. The standard InChI is InChI=1S/C16H19N3O3S/c1-12(13-5-3-2-4-6-13)10-23(21,22)19-8-7-14-15(9-19)17-11-18-16(14)20/h2-6,11-12H,7-10H2,1H3,(H,17,18,20). The van der Waals surface area contributed by atoms with E-state index < -0.39 is 10.0 Å². The highest BCUT2D eigenvalue weighted by Gasteiger charge is 2.30. The fourth-order valence-electron chi connectivity index (χ4n) is 2.88. The maximum atomic E-state index is 12.7. The van der Waals surface area contributed by atoms with Gasteiger partial charge in [-0.3, -0.25) is 4.79 Å². The zero-order valence-corrected chi connectivity index (χ0v) is 13.7. The lowest BCUT2D eigenvalue weighted by atomic mass is 10.0. The van der Waals surface area contributed by atoms with Gasteiger partial charge in [-0.25, -0.2) is 13.4 Å². The number of hydrogen-bond acceptors (Lipinski definition) is 4. The van der Waals surface area contributed by atoms with Gasteiger partial charge >= 0.3 is 0 Å². The van der Waals surface area contributed by atoms with Crippen LogP contribution in [0.15, 0.2) is 41.5 Å². The Hall–Kier alpha value is -1.99. The predicted molar refractivity (Wildman–Crippen MR) is 87.6 cm³/mol. The van der Waals surface area contributed by atoms with Crippen molar-refractivity contribution < 1.29 is 8.42 Å². The Morgan fingerprint density at radius 3 is 2.78 bits per heavy atom. The minimum atomic E-state index is -3.41. The number of benzene rings is 1. The van der Waals surface area contributed by atoms with Crippen LogP contribution in [0.4, 0.5) is 0 Å². The molecule has 2 aromatic rings. The van der Waals surface area contributed by atoms with Crippen LogP contribution < -0.4 is 5.56 Å².